The van der Waals surface area contributed by atoms with E-state index in [9.17, 15) is 0 Å². The van der Waals surface area contributed by atoms with Crippen LogP contribution in [-0.4, -0.2) is 12.3 Å². The third-order valence-electron chi connectivity index (χ3n) is 14.8. The van der Waals surface area contributed by atoms with E-state index in [1.165, 1.54) is 82.6 Å². The van der Waals surface area contributed by atoms with Gasteiger partial charge in [0.1, 0.15) is 5.58 Å². The first-order chi connectivity index (χ1) is 30.2. The molecule has 2 aliphatic carbocycles. The Labute approximate surface area is 360 Å². The molecule has 291 valence electrons. The fourth-order valence-electron chi connectivity index (χ4n) is 11.7. The van der Waals surface area contributed by atoms with Crippen molar-refractivity contribution < 1.29 is 4.42 Å². The van der Waals surface area contributed by atoms with Crippen molar-refractivity contribution in [1.29, 1.82) is 0 Å². The lowest BCUT2D eigenvalue weighted by atomic mass is 9.57. The molecular weight excluding hydrogens is 751 g/mol. The number of hydrogen-bond donors (Lipinski definition) is 1. The molecule has 0 saturated carbocycles. The van der Waals surface area contributed by atoms with E-state index < -0.39 is 0 Å². The first-order valence-electron chi connectivity index (χ1n) is 21.8. The molecule has 3 aliphatic rings. The second kappa shape index (κ2) is 11.7. The Kier molecular flexibility index (Phi) is 6.52. The molecule has 3 heterocycles. The summed E-state index contributed by atoms with van der Waals surface area (Å²) in [7, 11) is 2.45. The van der Waals surface area contributed by atoms with Gasteiger partial charge in [-0.15, -0.1) is 0 Å². The topological polar surface area (TPSA) is 32.2 Å². The molecule has 62 heavy (non-hydrogen) atoms. The highest BCUT2D eigenvalue weighted by Gasteiger charge is 2.41. The van der Waals surface area contributed by atoms with Crippen molar-refractivity contribution in [2.75, 3.05) is 4.90 Å². The van der Waals surface area contributed by atoms with Crippen LogP contribution in [-0.2, 0) is 10.8 Å². The van der Waals surface area contributed by atoms with Crippen LogP contribution in [0.5, 0.6) is 0 Å². The second-order valence-electron chi connectivity index (χ2n) is 18.8. The summed E-state index contributed by atoms with van der Waals surface area (Å²) in [6.07, 6.45) is 0. The zero-order chi connectivity index (χ0) is 41.2. The lowest BCUT2D eigenvalue weighted by Gasteiger charge is -2.36. The van der Waals surface area contributed by atoms with Crippen LogP contribution in [0.25, 0.3) is 87.9 Å². The molecule has 1 N–H and O–H groups in total. The van der Waals surface area contributed by atoms with E-state index in [1.807, 2.05) is 0 Å². The summed E-state index contributed by atoms with van der Waals surface area (Å²) in [5, 5.41) is 7.15. The molecule has 0 amide bonds. The summed E-state index contributed by atoms with van der Waals surface area (Å²) >= 11 is 0. The van der Waals surface area contributed by atoms with E-state index in [2.05, 4.69) is 209 Å². The van der Waals surface area contributed by atoms with Gasteiger partial charge in [-0.25, -0.2) is 0 Å². The van der Waals surface area contributed by atoms with Crippen LogP contribution in [0.15, 0.2) is 168 Å². The Morgan fingerprint density at radius 2 is 1.13 bits per heavy atom. The number of furan rings is 1. The summed E-state index contributed by atoms with van der Waals surface area (Å²) in [5.41, 5.74) is 22.5. The van der Waals surface area contributed by atoms with E-state index in [-0.39, 0.29) is 10.8 Å². The average molecular weight is 792 g/mol. The molecule has 1 radical (unpaired) electrons. The summed E-state index contributed by atoms with van der Waals surface area (Å²) < 4.78 is 7.08. The van der Waals surface area contributed by atoms with Crippen molar-refractivity contribution in [3.63, 3.8) is 0 Å². The Hall–Kier alpha value is -7.30. The number of benzene rings is 9. The lowest BCUT2D eigenvalue weighted by Crippen LogP contribution is -2.41. The van der Waals surface area contributed by atoms with Crippen molar-refractivity contribution in [1.82, 2.24) is 4.98 Å². The van der Waals surface area contributed by atoms with Crippen LogP contribution in [0.4, 0.5) is 17.1 Å². The molecule has 4 heteroatoms. The third kappa shape index (κ3) is 4.36. The number of aromatic amines is 1. The van der Waals surface area contributed by atoms with Gasteiger partial charge in [-0.2, -0.15) is 0 Å². The number of nitrogens with one attached hydrogen (secondary N) is 1. The molecule has 0 atom stereocenters. The maximum absolute atomic E-state index is 7.08. The van der Waals surface area contributed by atoms with Crippen LogP contribution in [0.1, 0.15) is 49.9 Å². The van der Waals surface area contributed by atoms with Crippen molar-refractivity contribution in [3.8, 4) is 33.4 Å². The van der Waals surface area contributed by atoms with Crippen LogP contribution in [0.2, 0.25) is 0 Å². The Bertz CT molecular complexity index is 3810. The van der Waals surface area contributed by atoms with Gasteiger partial charge < -0.3 is 14.3 Å². The molecule has 0 saturated heterocycles. The molecule has 1 aliphatic heterocycles. The third-order valence-corrected chi connectivity index (χ3v) is 14.8. The van der Waals surface area contributed by atoms with Gasteiger partial charge in [-0.05, 0) is 109 Å². The van der Waals surface area contributed by atoms with Crippen molar-refractivity contribution in [3.05, 3.63) is 186 Å². The van der Waals surface area contributed by atoms with Gasteiger partial charge in [0.15, 0.2) is 12.9 Å². The second-order valence-corrected chi connectivity index (χ2v) is 18.8. The smallest absolute Gasteiger partial charge is 0.198 e. The number of hydrogen-bond acceptors (Lipinski definition) is 2. The predicted octanol–water partition coefficient (Wildman–Crippen LogP) is 14.1. The van der Waals surface area contributed by atoms with Crippen LogP contribution in [0, 0.1) is 0 Å². The molecule has 3 nitrogen and oxygen atoms in total. The minimum Gasteiger partial charge on any atom is -0.454 e. The molecule has 11 aromatic rings. The highest BCUT2D eigenvalue weighted by molar-refractivity contribution is 6.74. The molecule has 9 aromatic carbocycles. The number of nitrogens with zero attached hydrogens (tertiary/aromatic N) is 1. The molecule has 0 unspecified atom stereocenters. The zero-order valence-electron chi connectivity index (χ0n) is 35.0. The molecule has 0 spiro atoms. The van der Waals surface area contributed by atoms with E-state index in [0.717, 1.165) is 55.5 Å². The molecule has 14 rings (SSSR count). The van der Waals surface area contributed by atoms with E-state index in [0.29, 0.717) is 0 Å². The standard InChI is InChI=1S/C58H40BN2O/c1-57(2)45-21-10-7-16-35(45)40-28-34(24-25-47(40)57)61-51-30-41-36-17-8-11-22-46(36)58(3,4)48(41)31-49(51)59-53-43(29-44-37-18-9-12-23-52(37)62-56(44)55(53)61)39-20-13-19-38-42-26-32-14-5-6-15-33(32)27-50(42)60-54(38)39/h5-31,60H,1-4H3. The van der Waals surface area contributed by atoms with Crippen LogP contribution < -0.4 is 15.8 Å². The van der Waals surface area contributed by atoms with Gasteiger partial charge in [0.05, 0.1) is 11.2 Å². The number of aromatic nitrogens is 1. The number of para-hydroxylation sites is 2. The number of H-pyrrole nitrogens is 1. The van der Waals surface area contributed by atoms with Crippen molar-refractivity contribution in [2.45, 2.75) is 38.5 Å². The lowest BCUT2D eigenvalue weighted by molar-refractivity contribution is 0.660. The summed E-state index contributed by atoms with van der Waals surface area (Å²) in [4.78, 5) is 6.46. The first kappa shape index (κ1) is 34.4. The van der Waals surface area contributed by atoms with Gasteiger partial charge in [0.25, 0.3) is 0 Å². The zero-order valence-corrected chi connectivity index (χ0v) is 35.0. The molecular formula is C58H40BN2O. The Morgan fingerprint density at radius 1 is 0.484 bits per heavy atom. The molecule has 2 aromatic heterocycles. The predicted molar refractivity (Wildman–Crippen MR) is 261 cm³/mol. The van der Waals surface area contributed by atoms with Crippen molar-refractivity contribution in [2.24, 2.45) is 0 Å². The summed E-state index contributed by atoms with van der Waals surface area (Å²) in [6, 6.07) is 61.0. The van der Waals surface area contributed by atoms with Gasteiger partial charge in [0, 0.05) is 54.8 Å². The normalized spacial score (nSPS) is 15.1. The maximum atomic E-state index is 7.08. The van der Waals surface area contributed by atoms with Crippen LogP contribution >= 0.6 is 0 Å². The minimum absolute atomic E-state index is 0.102. The van der Waals surface area contributed by atoms with Gasteiger partial charge in [0.2, 0.25) is 0 Å². The maximum Gasteiger partial charge on any atom is 0.198 e. The SMILES string of the molecule is CC1(C)c2ccccc2-c2cc(N3c4cc5c(cc4[B]c4c(-c6cccc7c6[nH]c6cc8ccccc8cc67)cc6c(oc7ccccc76)c43)C(C)(C)c3ccccc3-5)ccc21. The Morgan fingerprint density at radius 3 is 1.94 bits per heavy atom. The van der Waals surface area contributed by atoms with Crippen LogP contribution in [0.3, 0.4) is 0 Å². The largest absolute Gasteiger partial charge is 0.454 e. The van der Waals surface area contributed by atoms with E-state index in [1.54, 1.807) is 0 Å². The summed E-state index contributed by atoms with van der Waals surface area (Å²) in [5.74, 6) is 0. The highest BCUT2D eigenvalue weighted by Crippen LogP contribution is 2.54. The van der Waals surface area contributed by atoms with Crippen molar-refractivity contribution >= 4 is 89.8 Å². The highest BCUT2D eigenvalue weighted by atomic mass is 16.3. The van der Waals surface area contributed by atoms with Gasteiger partial charge in [-0.1, -0.05) is 154 Å². The quantitative estimate of drug-likeness (QED) is 0.177. The van der Waals surface area contributed by atoms with Gasteiger partial charge >= 0.3 is 0 Å². The first-order valence-corrected chi connectivity index (χ1v) is 21.8. The summed E-state index contributed by atoms with van der Waals surface area (Å²) in [6.45, 7) is 9.47. The van der Waals surface area contributed by atoms with E-state index in [4.69, 9.17) is 4.42 Å². The van der Waals surface area contributed by atoms with Gasteiger partial charge in [-0.3, -0.25) is 0 Å². The molecule has 0 fully saturated rings. The fraction of sp³-hybridized carbons (Fsp3) is 0.103. The number of fused-ring (bicyclic) bond motifs is 16. The minimum atomic E-state index is -0.145. The number of rotatable bonds is 2. The van der Waals surface area contributed by atoms with E-state index >= 15 is 0 Å². The average Bonchev–Trinajstić information content (AvgIpc) is 3.99. The monoisotopic (exact) mass is 791 g/mol. The fourth-order valence-corrected chi connectivity index (χ4v) is 11.7. The molecule has 0 bridgehead atoms. The number of anilines is 3. The Balaban J connectivity index is 1.11.